The number of nitrogens with one attached hydrogen (secondary N) is 1. The van der Waals surface area contributed by atoms with Crippen LogP contribution in [0.5, 0.6) is 0 Å². The topological polar surface area (TPSA) is 32.3 Å². The van der Waals surface area contributed by atoms with E-state index in [9.17, 15) is 4.79 Å². The number of likely N-dealkylation sites (tertiary alicyclic amines) is 1. The van der Waals surface area contributed by atoms with Crippen LogP contribution in [-0.4, -0.2) is 23.9 Å². The van der Waals surface area contributed by atoms with Crippen molar-refractivity contribution in [2.45, 2.75) is 38.8 Å². The molecule has 1 N–H and O–H groups in total. The quantitative estimate of drug-likeness (QED) is 0.807. The highest BCUT2D eigenvalue weighted by molar-refractivity contribution is 6.30. The predicted octanol–water partition coefficient (Wildman–Crippen LogP) is 4.18. The zero-order chi connectivity index (χ0) is 17.5. The van der Waals surface area contributed by atoms with Gasteiger partial charge in [-0.3, -0.25) is 9.69 Å². The fourth-order valence-electron chi connectivity index (χ4n) is 3.23. The number of hydrogen-bond donors (Lipinski definition) is 1. The lowest BCUT2D eigenvalue weighted by Crippen LogP contribution is -2.23. The van der Waals surface area contributed by atoms with E-state index in [-0.39, 0.29) is 5.91 Å². The average Bonchev–Trinajstić information content (AvgIpc) is 3.13. The number of rotatable bonds is 7. The van der Waals surface area contributed by atoms with Gasteiger partial charge in [0.1, 0.15) is 0 Å². The maximum absolute atomic E-state index is 12.1. The highest BCUT2D eigenvalue weighted by atomic mass is 35.5. The molecule has 0 spiro atoms. The third-order valence-electron chi connectivity index (χ3n) is 4.64. The number of nitrogens with zero attached hydrogens (tertiary/aromatic N) is 1. The normalized spacial score (nSPS) is 14.6. The van der Waals surface area contributed by atoms with Crippen molar-refractivity contribution in [3.8, 4) is 0 Å². The summed E-state index contributed by atoms with van der Waals surface area (Å²) in [6.45, 7) is 4.00. The molecule has 3 nitrogen and oxygen atoms in total. The van der Waals surface area contributed by atoms with Crippen molar-refractivity contribution >= 4 is 17.5 Å². The lowest BCUT2D eigenvalue weighted by Gasteiger charge is -2.15. The van der Waals surface area contributed by atoms with Crippen molar-refractivity contribution in [2.24, 2.45) is 0 Å². The molecule has 1 aliphatic heterocycles. The Morgan fingerprint density at radius 2 is 1.72 bits per heavy atom. The summed E-state index contributed by atoms with van der Waals surface area (Å²) in [5.41, 5.74) is 3.62. The van der Waals surface area contributed by atoms with Gasteiger partial charge >= 0.3 is 0 Å². The Morgan fingerprint density at radius 1 is 1.00 bits per heavy atom. The molecule has 0 radical (unpaired) electrons. The molecular weight excluding hydrogens is 332 g/mol. The first kappa shape index (κ1) is 18.0. The van der Waals surface area contributed by atoms with E-state index in [1.807, 2.05) is 24.3 Å². The molecule has 4 heteroatoms. The minimum atomic E-state index is 0.0832. The van der Waals surface area contributed by atoms with E-state index >= 15 is 0 Å². The molecule has 25 heavy (non-hydrogen) atoms. The zero-order valence-electron chi connectivity index (χ0n) is 14.5. The number of benzene rings is 2. The third kappa shape index (κ3) is 5.87. The van der Waals surface area contributed by atoms with Crippen LogP contribution in [0.4, 0.5) is 0 Å². The van der Waals surface area contributed by atoms with Crippen LogP contribution in [0.1, 0.15) is 36.0 Å². The summed E-state index contributed by atoms with van der Waals surface area (Å²) in [5, 5.41) is 3.75. The molecule has 0 bridgehead atoms. The van der Waals surface area contributed by atoms with Gasteiger partial charge in [-0.1, -0.05) is 48.0 Å². The third-order valence-corrected chi connectivity index (χ3v) is 4.89. The van der Waals surface area contributed by atoms with Crippen LogP contribution in [0.3, 0.4) is 0 Å². The minimum Gasteiger partial charge on any atom is -0.352 e. The average molecular weight is 357 g/mol. The summed E-state index contributed by atoms with van der Waals surface area (Å²) in [6, 6.07) is 16.2. The molecule has 2 aromatic rings. The van der Waals surface area contributed by atoms with E-state index in [0.29, 0.717) is 13.0 Å². The SMILES string of the molecule is O=C(CCc1ccc(Cl)cc1)NCc1cccc(CN2CCCC2)c1. The van der Waals surface area contributed by atoms with Gasteiger partial charge in [0.15, 0.2) is 0 Å². The van der Waals surface area contributed by atoms with Gasteiger partial charge in [-0.05, 0) is 61.2 Å². The Balaban J connectivity index is 1.44. The highest BCUT2D eigenvalue weighted by Gasteiger charge is 2.11. The number of aryl methyl sites for hydroxylation is 1. The lowest BCUT2D eigenvalue weighted by atomic mass is 10.1. The van der Waals surface area contributed by atoms with Crippen molar-refractivity contribution in [1.82, 2.24) is 10.2 Å². The first-order valence-corrected chi connectivity index (χ1v) is 9.38. The number of carbonyl (C=O) groups excluding carboxylic acids is 1. The maximum Gasteiger partial charge on any atom is 0.220 e. The monoisotopic (exact) mass is 356 g/mol. The van der Waals surface area contributed by atoms with Crippen molar-refractivity contribution in [3.63, 3.8) is 0 Å². The summed E-state index contributed by atoms with van der Waals surface area (Å²) in [5.74, 6) is 0.0832. The summed E-state index contributed by atoms with van der Waals surface area (Å²) in [6.07, 6.45) is 3.85. The largest absolute Gasteiger partial charge is 0.352 e. The van der Waals surface area contributed by atoms with Gasteiger partial charge in [0.05, 0.1) is 0 Å². The fourth-order valence-corrected chi connectivity index (χ4v) is 3.36. The minimum absolute atomic E-state index is 0.0832. The fraction of sp³-hybridized carbons (Fsp3) is 0.381. The number of hydrogen-bond acceptors (Lipinski definition) is 2. The predicted molar refractivity (Wildman–Crippen MR) is 103 cm³/mol. The van der Waals surface area contributed by atoms with Crippen LogP contribution < -0.4 is 5.32 Å². The molecule has 0 unspecified atom stereocenters. The van der Waals surface area contributed by atoms with E-state index in [1.165, 1.54) is 31.5 Å². The van der Waals surface area contributed by atoms with Crippen molar-refractivity contribution in [2.75, 3.05) is 13.1 Å². The van der Waals surface area contributed by atoms with Gasteiger partial charge in [0.2, 0.25) is 5.91 Å². The Bertz CT molecular complexity index is 693. The van der Waals surface area contributed by atoms with E-state index < -0.39 is 0 Å². The Labute approximate surface area is 155 Å². The van der Waals surface area contributed by atoms with Crippen molar-refractivity contribution < 1.29 is 4.79 Å². The number of carbonyl (C=O) groups is 1. The second kappa shape index (κ2) is 9.02. The molecule has 1 saturated heterocycles. The smallest absolute Gasteiger partial charge is 0.220 e. The molecule has 1 aliphatic rings. The van der Waals surface area contributed by atoms with Crippen molar-refractivity contribution in [3.05, 3.63) is 70.2 Å². The second-order valence-corrected chi connectivity index (χ2v) is 7.14. The van der Waals surface area contributed by atoms with Gasteiger partial charge in [0, 0.05) is 24.5 Å². The van der Waals surface area contributed by atoms with Crippen molar-refractivity contribution in [1.29, 1.82) is 0 Å². The number of amides is 1. The summed E-state index contributed by atoms with van der Waals surface area (Å²) in [7, 11) is 0. The van der Waals surface area contributed by atoms with Crippen LogP contribution in [0.25, 0.3) is 0 Å². The molecule has 1 amide bonds. The molecule has 1 heterocycles. The van der Waals surface area contributed by atoms with Crippen LogP contribution >= 0.6 is 11.6 Å². The van der Waals surface area contributed by atoms with Crippen LogP contribution in [0.2, 0.25) is 5.02 Å². The van der Waals surface area contributed by atoms with Gasteiger partial charge in [-0.25, -0.2) is 0 Å². The molecule has 0 saturated carbocycles. The maximum atomic E-state index is 12.1. The zero-order valence-corrected chi connectivity index (χ0v) is 15.3. The Kier molecular flexibility index (Phi) is 6.48. The summed E-state index contributed by atoms with van der Waals surface area (Å²) >= 11 is 5.88. The van der Waals surface area contributed by atoms with E-state index in [2.05, 4.69) is 34.5 Å². The van der Waals surface area contributed by atoms with Crippen LogP contribution in [-0.2, 0) is 24.3 Å². The van der Waals surface area contributed by atoms with Gasteiger partial charge in [0.25, 0.3) is 0 Å². The molecule has 2 aromatic carbocycles. The van der Waals surface area contributed by atoms with Gasteiger partial charge in [-0.15, -0.1) is 0 Å². The lowest BCUT2D eigenvalue weighted by molar-refractivity contribution is -0.121. The molecule has 0 aliphatic carbocycles. The van der Waals surface area contributed by atoms with E-state index in [0.717, 1.165) is 29.1 Å². The van der Waals surface area contributed by atoms with E-state index in [1.54, 1.807) is 0 Å². The molecule has 0 aromatic heterocycles. The van der Waals surface area contributed by atoms with Gasteiger partial charge < -0.3 is 5.32 Å². The molecule has 132 valence electrons. The molecule has 3 rings (SSSR count). The summed E-state index contributed by atoms with van der Waals surface area (Å²) < 4.78 is 0. The first-order valence-electron chi connectivity index (χ1n) is 9.00. The molecule has 0 atom stereocenters. The summed E-state index contributed by atoms with van der Waals surface area (Å²) in [4.78, 5) is 14.6. The first-order chi connectivity index (χ1) is 12.2. The standard InChI is InChI=1S/C21H25ClN2O/c22-20-9-6-17(7-10-20)8-11-21(25)23-15-18-4-3-5-19(14-18)16-24-12-1-2-13-24/h3-7,9-10,14H,1-2,8,11-13,15-16H2,(H,23,25). The highest BCUT2D eigenvalue weighted by Crippen LogP contribution is 2.14. The molecule has 1 fully saturated rings. The van der Waals surface area contributed by atoms with Crippen LogP contribution in [0, 0.1) is 0 Å². The van der Waals surface area contributed by atoms with Gasteiger partial charge in [-0.2, -0.15) is 0 Å². The molecular formula is C21H25ClN2O. The Morgan fingerprint density at radius 3 is 2.48 bits per heavy atom. The van der Waals surface area contributed by atoms with E-state index in [4.69, 9.17) is 11.6 Å². The van der Waals surface area contributed by atoms with Crippen LogP contribution in [0.15, 0.2) is 48.5 Å². The second-order valence-electron chi connectivity index (χ2n) is 6.71. The Hall–Kier alpha value is -1.84. The number of halogens is 1.